The zero-order valence-electron chi connectivity index (χ0n) is 9.42. The van der Waals surface area contributed by atoms with Crippen molar-refractivity contribution in [1.29, 1.82) is 0 Å². The molecule has 0 atom stereocenters. The van der Waals surface area contributed by atoms with Crippen LogP contribution in [0.2, 0.25) is 0 Å². The van der Waals surface area contributed by atoms with Crippen LogP contribution in [0.1, 0.15) is 6.92 Å². The Kier molecular flexibility index (Phi) is 3.26. The lowest BCUT2D eigenvalue weighted by molar-refractivity contribution is 0.225. The summed E-state index contributed by atoms with van der Waals surface area (Å²) in [4.78, 5) is 12.5. The largest absolute Gasteiger partial charge is 0.380 e. The molecular formula is C11H14N4O. The molecule has 0 fully saturated rings. The van der Waals surface area contributed by atoms with Gasteiger partial charge in [-0.3, -0.25) is 0 Å². The van der Waals surface area contributed by atoms with E-state index in [4.69, 9.17) is 4.74 Å². The number of fused-ring (bicyclic) bond motifs is 1. The smallest absolute Gasteiger partial charge is 0.197 e. The highest BCUT2D eigenvalue weighted by atomic mass is 16.5. The van der Waals surface area contributed by atoms with E-state index in [0.717, 1.165) is 12.2 Å². The molecular weight excluding hydrogens is 204 g/mol. The van der Waals surface area contributed by atoms with Gasteiger partial charge in [-0.1, -0.05) is 11.6 Å². The highest BCUT2D eigenvalue weighted by molar-refractivity contribution is 5.64. The maximum atomic E-state index is 5.04. The van der Waals surface area contributed by atoms with E-state index in [1.54, 1.807) is 25.8 Å². The number of hydrogen-bond donors (Lipinski definition) is 0. The van der Waals surface area contributed by atoms with Gasteiger partial charge in [0.2, 0.25) is 0 Å². The zero-order chi connectivity index (χ0) is 11.4. The van der Waals surface area contributed by atoms with Crippen LogP contribution in [0, 0.1) is 0 Å². The van der Waals surface area contributed by atoms with Gasteiger partial charge in [-0.25, -0.2) is 15.0 Å². The molecule has 0 bridgehead atoms. The van der Waals surface area contributed by atoms with Crippen LogP contribution in [0.4, 0.5) is 0 Å². The van der Waals surface area contributed by atoms with Crippen LogP contribution in [0.25, 0.3) is 11.3 Å². The second-order valence-corrected chi connectivity index (χ2v) is 3.58. The Balaban J connectivity index is 2.18. The van der Waals surface area contributed by atoms with Gasteiger partial charge in [0.05, 0.1) is 12.9 Å². The van der Waals surface area contributed by atoms with E-state index >= 15 is 0 Å². The maximum absolute atomic E-state index is 5.04. The van der Waals surface area contributed by atoms with E-state index in [-0.39, 0.29) is 0 Å². The van der Waals surface area contributed by atoms with Gasteiger partial charge < -0.3 is 9.30 Å². The third-order valence-corrected chi connectivity index (χ3v) is 2.26. The van der Waals surface area contributed by atoms with Crippen molar-refractivity contribution in [2.24, 2.45) is 0 Å². The molecule has 0 saturated carbocycles. The van der Waals surface area contributed by atoms with Crippen molar-refractivity contribution in [3.63, 3.8) is 0 Å². The van der Waals surface area contributed by atoms with Crippen molar-refractivity contribution in [3.05, 3.63) is 30.4 Å². The number of methoxy groups -OCH3 is 1. The summed E-state index contributed by atoms with van der Waals surface area (Å²) in [6.07, 6.45) is 7.17. The minimum atomic E-state index is 0.651. The van der Waals surface area contributed by atoms with Gasteiger partial charge in [0.25, 0.3) is 0 Å². The minimum absolute atomic E-state index is 0.651. The molecule has 84 valence electrons. The van der Waals surface area contributed by atoms with E-state index in [1.807, 2.05) is 11.5 Å². The summed E-state index contributed by atoms with van der Waals surface area (Å²) in [5, 5.41) is 0. The van der Waals surface area contributed by atoms with Crippen LogP contribution in [-0.2, 0) is 11.3 Å². The Bertz CT molecular complexity index is 503. The zero-order valence-corrected chi connectivity index (χ0v) is 9.42. The minimum Gasteiger partial charge on any atom is -0.380 e. The van der Waals surface area contributed by atoms with Gasteiger partial charge in [-0.2, -0.15) is 0 Å². The summed E-state index contributed by atoms with van der Waals surface area (Å²) in [6, 6.07) is 0. The van der Waals surface area contributed by atoms with E-state index < -0.39 is 0 Å². The fourth-order valence-corrected chi connectivity index (χ4v) is 1.47. The average Bonchev–Trinajstić information content (AvgIpc) is 2.70. The van der Waals surface area contributed by atoms with Crippen LogP contribution >= 0.6 is 0 Å². The quantitative estimate of drug-likeness (QED) is 0.728. The second kappa shape index (κ2) is 4.85. The first-order chi connectivity index (χ1) is 7.81. The number of imidazole rings is 1. The molecule has 2 rings (SSSR count). The number of hydrogen-bond acceptors (Lipinski definition) is 4. The van der Waals surface area contributed by atoms with Crippen LogP contribution in [0.3, 0.4) is 0 Å². The topological polar surface area (TPSA) is 52.8 Å². The first-order valence-corrected chi connectivity index (χ1v) is 5.07. The third kappa shape index (κ3) is 2.25. The van der Waals surface area contributed by atoms with Crippen LogP contribution < -0.4 is 0 Å². The fourth-order valence-electron chi connectivity index (χ4n) is 1.47. The molecule has 0 amide bonds. The third-order valence-electron chi connectivity index (χ3n) is 2.26. The van der Waals surface area contributed by atoms with Gasteiger partial charge in [0.15, 0.2) is 11.3 Å². The van der Waals surface area contributed by atoms with Crippen molar-refractivity contribution in [2.45, 2.75) is 13.5 Å². The molecule has 2 aromatic heterocycles. The highest BCUT2D eigenvalue weighted by Crippen LogP contribution is 2.06. The SMILES string of the molecule is COC/C(C)=C/Cn1cnc2nccnc21. The van der Waals surface area contributed by atoms with Gasteiger partial charge in [0.1, 0.15) is 0 Å². The molecule has 5 heteroatoms. The predicted octanol–water partition coefficient (Wildman–Crippen LogP) is 1.42. The molecule has 0 unspecified atom stereocenters. The normalized spacial score (nSPS) is 12.2. The molecule has 0 aliphatic heterocycles. The Morgan fingerprint density at radius 3 is 3.00 bits per heavy atom. The first kappa shape index (κ1) is 10.8. The maximum Gasteiger partial charge on any atom is 0.197 e. The monoisotopic (exact) mass is 218 g/mol. The summed E-state index contributed by atoms with van der Waals surface area (Å²) in [5.41, 5.74) is 2.68. The highest BCUT2D eigenvalue weighted by Gasteiger charge is 2.02. The van der Waals surface area contributed by atoms with Gasteiger partial charge in [-0.15, -0.1) is 0 Å². The molecule has 2 heterocycles. The lowest BCUT2D eigenvalue weighted by Gasteiger charge is -2.01. The predicted molar refractivity (Wildman–Crippen MR) is 61.0 cm³/mol. The molecule has 0 N–H and O–H groups in total. The molecule has 2 aromatic rings. The van der Waals surface area contributed by atoms with Gasteiger partial charge >= 0.3 is 0 Å². The van der Waals surface area contributed by atoms with Gasteiger partial charge in [0, 0.05) is 26.0 Å². The molecule has 0 aliphatic carbocycles. The van der Waals surface area contributed by atoms with Gasteiger partial charge in [-0.05, 0) is 6.92 Å². The standard InChI is InChI=1S/C11H14N4O/c1-9(7-16-2)3-6-15-8-14-10-11(15)13-5-4-12-10/h3-5,8H,6-7H2,1-2H3/b9-3+. The van der Waals surface area contributed by atoms with Crippen molar-refractivity contribution in [1.82, 2.24) is 19.5 Å². The van der Waals surface area contributed by atoms with Crippen molar-refractivity contribution in [2.75, 3.05) is 13.7 Å². The number of allylic oxidation sites excluding steroid dienone is 1. The van der Waals surface area contributed by atoms with E-state index in [0.29, 0.717) is 12.3 Å². The molecule has 5 nitrogen and oxygen atoms in total. The summed E-state index contributed by atoms with van der Waals surface area (Å²) in [5.74, 6) is 0. The molecule has 16 heavy (non-hydrogen) atoms. The average molecular weight is 218 g/mol. The Labute approximate surface area is 93.8 Å². The fraction of sp³-hybridized carbons (Fsp3) is 0.364. The van der Waals surface area contributed by atoms with Crippen LogP contribution in [-0.4, -0.2) is 33.2 Å². The molecule has 0 aliphatic rings. The summed E-state index contributed by atoms with van der Waals surface area (Å²) >= 11 is 0. The van der Waals surface area contributed by atoms with Crippen molar-refractivity contribution in [3.8, 4) is 0 Å². The summed E-state index contributed by atoms with van der Waals surface area (Å²) in [7, 11) is 1.69. The van der Waals surface area contributed by atoms with Crippen LogP contribution in [0.15, 0.2) is 30.4 Å². The number of aromatic nitrogens is 4. The number of ether oxygens (including phenoxy) is 1. The first-order valence-electron chi connectivity index (χ1n) is 5.07. The Hall–Kier alpha value is -1.75. The van der Waals surface area contributed by atoms with Crippen LogP contribution in [0.5, 0.6) is 0 Å². The summed E-state index contributed by atoms with van der Waals surface area (Å²) < 4.78 is 7.00. The molecule has 0 saturated heterocycles. The lowest BCUT2D eigenvalue weighted by atomic mass is 10.3. The number of rotatable bonds is 4. The van der Waals surface area contributed by atoms with E-state index in [9.17, 15) is 0 Å². The molecule has 0 spiro atoms. The Morgan fingerprint density at radius 2 is 2.19 bits per heavy atom. The summed E-state index contributed by atoms with van der Waals surface area (Å²) in [6.45, 7) is 3.43. The molecule has 0 aromatic carbocycles. The lowest BCUT2D eigenvalue weighted by Crippen LogP contribution is -1.97. The molecule has 0 radical (unpaired) electrons. The van der Waals surface area contributed by atoms with Crippen molar-refractivity contribution >= 4 is 11.3 Å². The van der Waals surface area contributed by atoms with E-state index in [2.05, 4.69) is 21.0 Å². The Morgan fingerprint density at radius 1 is 1.38 bits per heavy atom. The number of nitrogens with zero attached hydrogens (tertiary/aromatic N) is 4. The van der Waals surface area contributed by atoms with E-state index in [1.165, 1.54) is 5.57 Å². The second-order valence-electron chi connectivity index (χ2n) is 3.58. The van der Waals surface area contributed by atoms with Crippen molar-refractivity contribution < 1.29 is 4.74 Å².